The highest BCUT2D eigenvalue weighted by Gasteiger charge is 2.23. The number of sulfone groups is 1. The number of phenols is 1. The fourth-order valence-corrected chi connectivity index (χ4v) is 3.07. The molecule has 2 N–H and O–H groups in total. The van der Waals surface area contributed by atoms with Gasteiger partial charge in [0.15, 0.2) is 9.84 Å². The number of aromatic nitrogens is 2. The summed E-state index contributed by atoms with van der Waals surface area (Å²) in [7, 11) is -3.62. The van der Waals surface area contributed by atoms with E-state index in [9.17, 15) is 35.9 Å². The summed E-state index contributed by atoms with van der Waals surface area (Å²) in [5, 5.41) is 15.2. The molecule has 1 aromatic carbocycles. The molecule has 0 saturated carbocycles. The monoisotopic (exact) mass is 409 g/mol. The van der Waals surface area contributed by atoms with E-state index in [1.165, 1.54) is 6.92 Å². The summed E-state index contributed by atoms with van der Waals surface area (Å²) in [5.74, 6) is -1.64. The van der Waals surface area contributed by atoms with E-state index in [1.807, 2.05) is 0 Å². The molecule has 27 heavy (non-hydrogen) atoms. The maximum Gasteiger partial charge on any atom is 0.282 e. The van der Waals surface area contributed by atoms with E-state index in [4.69, 9.17) is 0 Å². The molecule has 0 fully saturated rings. The average Bonchev–Trinajstić information content (AvgIpc) is 3.01. The molecule has 0 unspecified atom stereocenters. The lowest BCUT2D eigenvalue weighted by atomic mass is 10.3. The summed E-state index contributed by atoms with van der Waals surface area (Å²) < 4.78 is 75.3. The molecule has 1 aromatic heterocycles. The minimum Gasteiger partial charge on any atom is -0.506 e. The molecular formula is C15H15F4N3O4S. The largest absolute Gasteiger partial charge is 0.506 e. The van der Waals surface area contributed by atoms with Crippen LogP contribution in [-0.2, 0) is 21.2 Å². The Bertz CT molecular complexity index is 945. The molecule has 0 bridgehead atoms. The zero-order valence-electron chi connectivity index (χ0n) is 13.9. The Morgan fingerprint density at radius 3 is 2.44 bits per heavy atom. The van der Waals surface area contributed by atoms with Crippen LogP contribution in [0.3, 0.4) is 0 Å². The standard InChI is InChI=1S/C15H15F4N3O4S/c1-2-27(25,26)8-3-4-12(23)9(5-8)20-13(24)7-22-11(15(18)19)6-10(21-22)14(16)17/h3-6,14-15,23H,2,7H2,1H3,(H,20,24). The van der Waals surface area contributed by atoms with Gasteiger partial charge in [-0.25, -0.2) is 26.0 Å². The maximum atomic E-state index is 12.9. The van der Waals surface area contributed by atoms with Gasteiger partial charge in [0.25, 0.3) is 12.9 Å². The first kappa shape index (κ1) is 20.7. The Kier molecular flexibility index (Phi) is 6.08. The van der Waals surface area contributed by atoms with Crippen LogP contribution in [0.25, 0.3) is 0 Å². The van der Waals surface area contributed by atoms with Crippen LogP contribution < -0.4 is 5.32 Å². The Morgan fingerprint density at radius 1 is 1.22 bits per heavy atom. The van der Waals surface area contributed by atoms with Crippen LogP contribution in [0.4, 0.5) is 23.2 Å². The Morgan fingerprint density at radius 2 is 1.89 bits per heavy atom. The van der Waals surface area contributed by atoms with Gasteiger partial charge in [-0.1, -0.05) is 6.92 Å². The summed E-state index contributed by atoms with van der Waals surface area (Å²) in [4.78, 5) is 11.9. The minimum atomic E-state index is -3.62. The number of nitrogens with one attached hydrogen (secondary N) is 1. The first-order chi connectivity index (χ1) is 12.5. The van der Waals surface area contributed by atoms with Gasteiger partial charge in [-0.15, -0.1) is 0 Å². The first-order valence-electron chi connectivity index (χ1n) is 7.54. The molecule has 0 spiro atoms. The van der Waals surface area contributed by atoms with Gasteiger partial charge in [0.05, 0.1) is 16.3 Å². The number of carbonyl (C=O) groups excluding carboxylic acids is 1. The Labute approximate surface area is 151 Å². The number of rotatable bonds is 7. The van der Waals surface area contributed by atoms with Crippen LogP contribution in [0, 0.1) is 0 Å². The van der Waals surface area contributed by atoms with Crippen molar-refractivity contribution in [1.29, 1.82) is 0 Å². The summed E-state index contributed by atoms with van der Waals surface area (Å²) in [5.41, 5.74) is -2.04. The van der Waals surface area contributed by atoms with Gasteiger partial charge in [0, 0.05) is 0 Å². The van der Waals surface area contributed by atoms with Crippen LogP contribution in [0.15, 0.2) is 29.2 Å². The van der Waals surface area contributed by atoms with E-state index in [1.54, 1.807) is 0 Å². The third-order valence-electron chi connectivity index (χ3n) is 3.55. The number of halogens is 4. The van der Waals surface area contributed by atoms with Gasteiger partial charge in [0.2, 0.25) is 5.91 Å². The summed E-state index contributed by atoms with van der Waals surface area (Å²) in [6.07, 6.45) is -6.23. The molecule has 1 heterocycles. The first-order valence-corrected chi connectivity index (χ1v) is 9.20. The van der Waals surface area contributed by atoms with E-state index < -0.39 is 52.3 Å². The summed E-state index contributed by atoms with van der Waals surface area (Å²) in [6, 6.07) is 3.69. The van der Waals surface area contributed by atoms with Gasteiger partial charge in [0.1, 0.15) is 23.7 Å². The van der Waals surface area contributed by atoms with Crippen LogP contribution in [0.1, 0.15) is 31.2 Å². The smallest absolute Gasteiger partial charge is 0.282 e. The zero-order valence-corrected chi connectivity index (χ0v) is 14.7. The lowest BCUT2D eigenvalue weighted by molar-refractivity contribution is -0.117. The van der Waals surface area contributed by atoms with E-state index in [2.05, 4.69) is 10.4 Å². The lowest BCUT2D eigenvalue weighted by Gasteiger charge is -2.11. The van der Waals surface area contributed by atoms with Crippen LogP contribution in [0.5, 0.6) is 5.75 Å². The normalized spacial score (nSPS) is 12.0. The number of alkyl halides is 4. The van der Waals surface area contributed by atoms with E-state index in [0.29, 0.717) is 10.7 Å². The number of hydrogen-bond donors (Lipinski definition) is 2. The van der Waals surface area contributed by atoms with Gasteiger partial charge in [-0.05, 0) is 24.3 Å². The number of benzene rings is 1. The third kappa shape index (κ3) is 4.76. The topological polar surface area (TPSA) is 101 Å². The number of anilines is 1. The molecule has 2 aromatic rings. The molecule has 0 atom stereocenters. The number of aromatic hydroxyl groups is 1. The van der Waals surface area contributed by atoms with Crippen LogP contribution in [0.2, 0.25) is 0 Å². The predicted octanol–water partition coefficient (Wildman–Crippen LogP) is 2.90. The quantitative estimate of drug-likeness (QED) is 0.541. The second kappa shape index (κ2) is 7.94. The molecule has 12 heteroatoms. The van der Waals surface area contributed by atoms with Crippen molar-refractivity contribution in [2.24, 2.45) is 0 Å². The molecular weight excluding hydrogens is 394 g/mol. The van der Waals surface area contributed by atoms with Crippen molar-refractivity contribution in [2.75, 3.05) is 11.1 Å². The van der Waals surface area contributed by atoms with E-state index >= 15 is 0 Å². The van der Waals surface area contributed by atoms with Gasteiger partial charge < -0.3 is 10.4 Å². The van der Waals surface area contributed by atoms with Crippen LogP contribution in [-0.4, -0.2) is 35.0 Å². The van der Waals surface area contributed by atoms with Crippen molar-refractivity contribution in [2.45, 2.75) is 31.2 Å². The Balaban J connectivity index is 2.25. The number of amides is 1. The number of nitrogens with zero attached hydrogens (tertiary/aromatic N) is 2. The van der Waals surface area contributed by atoms with Crippen molar-refractivity contribution in [3.05, 3.63) is 35.7 Å². The molecule has 0 aliphatic heterocycles. The summed E-state index contributed by atoms with van der Waals surface area (Å²) >= 11 is 0. The predicted molar refractivity (Wildman–Crippen MR) is 86.6 cm³/mol. The number of carbonyl (C=O) groups is 1. The number of hydrogen-bond acceptors (Lipinski definition) is 5. The second-order valence-electron chi connectivity index (χ2n) is 5.38. The fourth-order valence-electron chi connectivity index (χ4n) is 2.16. The fraction of sp³-hybridized carbons (Fsp3) is 0.333. The highest BCUT2D eigenvalue weighted by molar-refractivity contribution is 7.91. The third-order valence-corrected chi connectivity index (χ3v) is 5.28. The van der Waals surface area contributed by atoms with Crippen molar-refractivity contribution in [3.8, 4) is 5.75 Å². The molecule has 2 rings (SSSR count). The Hall–Kier alpha value is -2.63. The molecule has 1 amide bonds. The van der Waals surface area contributed by atoms with Crippen molar-refractivity contribution < 1.29 is 35.9 Å². The lowest BCUT2D eigenvalue weighted by Crippen LogP contribution is -2.21. The average molecular weight is 409 g/mol. The van der Waals surface area contributed by atoms with Crippen LogP contribution >= 0.6 is 0 Å². The molecule has 0 radical (unpaired) electrons. The summed E-state index contributed by atoms with van der Waals surface area (Å²) in [6.45, 7) is 0.571. The molecule has 0 saturated heterocycles. The van der Waals surface area contributed by atoms with Gasteiger partial charge >= 0.3 is 0 Å². The minimum absolute atomic E-state index is 0.162. The molecule has 148 valence electrons. The maximum absolute atomic E-state index is 12.9. The second-order valence-corrected chi connectivity index (χ2v) is 7.66. The molecule has 0 aliphatic rings. The number of phenolic OH excluding ortho intramolecular Hbond substituents is 1. The highest BCUT2D eigenvalue weighted by Crippen LogP contribution is 2.28. The molecule has 7 nitrogen and oxygen atoms in total. The van der Waals surface area contributed by atoms with E-state index in [0.717, 1.165) is 18.2 Å². The SMILES string of the molecule is CCS(=O)(=O)c1ccc(O)c(NC(=O)Cn2nc(C(F)F)cc2C(F)F)c1. The zero-order chi connectivity index (χ0) is 20.4. The van der Waals surface area contributed by atoms with Crippen molar-refractivity contribution in [1.82, 2.24) is 9.78 Å². The van der Waals surface area contributed by atoms with Crippen molar-refractivity contribution >= 4 is 21.4 Å². The van der Waals surface area contributed by atoms with Gasteiger partial charge in [-0.3, -0.25) is 9.48 Å². The van der Waals surface area contributed by atoms with Gasteiger partial charge in [-0.2, -0.15) is 5.10 Å². The van der Waals surface area contributed by atoms with E-state index in [-0.39, 0.29) is 16.3 Å². The highest BCUT2D eigenvalue weighted by atomic mass is 32.2. The van der Waals surface area contributed by atoms with Crippen molar-refractivity contribution in [3.63, 3.8) is 0 Å². The molecule has 0 aliphatic carbocycles.